The molecule has 0 spiro atoms. The van der Waals surface area contributed by atoms with E-state index in [1.807, 2.05) is 0 Å². The fraction of sp³-hybridized carbons (Fsp3) is 0.538. The smallest absolute Gasteiger partial charge is 0.126 e. The van der Waals surface area contributed by atoms with Gasteiger partial charge in [-0.25, -0.2) is 4.39 Å². The van der Waals surface area contributed by atoms with Gasteiger partial charge in [-0.3, -0.25) is 0 Å². The monoisotopic (exact) mass is 259 g/mol. The molecule has 1 atom stereocenters. The first-order chi connectivity index (χ1) is 7.72. The molecule has 0 unspecified atom stereocenters. The fourth-order valence-corrected chi connectivity index (χ4v) is 2.53. The lowest BCUT2D eigenvalue weighted by Crippen LogP contribution is -2.19. The van der Waals surface area contributed by atoms with Gasteiger partial charge in [-0.1, -0.05) is 18.9 Å². The van der Waals surface area contributed by atoms with Crippen LogP contribution < -0.4 is 10.5 Å². The third-order valence-electron chi connectivity index (χ3n) is 3.46. The zero-order chi connectivity index (χ0) is 11.5. The Kier molecular flexibility index (Phi) is 5.22. The van der Waals surface area contributed by atoms with E-state index in [0.717, 1.165) is 5.56 Å². The predicted molar refractivity (Wildman–Crippen MR) is 69.1 cm³/mol. The molecule has 2 nitrogen and oxygen atoms in total. The number of benzene rings is 1. The standard InChI is InChI=1S/C13H18FNO.ClH/c1-16-12-8-10(14)6-7-11(12)13(15)9-4-2-3-5-9;/h6-9,13H,2-5,15H2,1H3;1H/t13-;/m1./s1. The minimum absolute atomic E-state index is 0. The molecule has 1 aliphatic carbocycles. The van der Waals surface area contributed by atoms with Crippen LogP contribution in [-0.2, 0) is 0 Å². The molecule has 0 radical (unpaired) electrons. The maximum Gasteiger partial charge on any atom is 0.126 e. The zero-order valence-corrected chi connectivity index (χ0v) is 10.8. The molecule has 0 saturated heterocycles. The Morgan fingerprint density at radius 2 is 2.00 bits per heavy atom. The van der Waals surface area contributed by atoms with E-state index in [-0.39, 0.29) is 24.3 Å². The van der Waals surface area contributed by atoms with E-state index in [4.69, 9.17) is 10.5 Å². The summed E-state index contributed by atoms with van der Waals surface area (Å²) < 4.78 is 18.2. The van der Waals surface area contributed by atoms with E-state index in [9.17, 15) is 4.39 Å². The van der Waals surface area contributed by atoms with Crippen molar-refractivity contribution >= 4 is 12.4 Å². The molecule has 0 heterocycles. The van der Waals surface area contributed by atoms with Crippen molar-refractivity contribution in [3.05, 3.63) is 29.6 Å². The molecule has 1 saturated carbocycles. The molecule has 0 bridgehead atoms. The third kappa shape index (κ3) is 3.11. The molecule has 0 amide bonds. The topological polar surface area (TPSA) is 35.2 Å². The van der Waals surface area contributed by atoms with Crippen molar-refractivity contribution in [1.82, 2.24) is 0 Å². The van der Waals surface area contributed by atoms with E-state index in [1.54, 1.807) is 13.2 Å². The van der Waals surface area contributed by atoms with Crippen LogP contribution in [0.15, 0.2) is 18.2 Å². The summed E-state index contributed by atoms with van der Waals surface area (Å²) in [5.41, 5.74) is 7.15. The van der Waals surface area contributed by atoms with E-state index >= 15 is 0 Å². The van der Waals surface area contributed by atoms with Gasteiger partial charge in [0.25, 0.3) is 0 Å². The minimum Gasteiger partial charge on any atom is -0.496 e. The lowest BCUT2D eigenvalue weighted by molar-refractivity contribution is 0.382. The van der Waals surface area contributed by atoms with Crippen LogP contribution in [0.3, 0.4) is 0 Å². The second-order valence-electron chi connectivity index (χ2n) is 4.46. The van der Waals surface area contributed by atoms with E-state index in [1.165, 1.54) is 37.8 Å². The van der Waals surface area contributed by atoms with E-state index < -0.39 is 0 Å². The van der Waals surface area contributed by atoms with Crippen LogP contribution in [0.1, 0.15) is 37.3 Å². The van der Waals surface area contributed by atoms with Crippen molar-refractivity contribution in [2.45, 2.75) is 31.7 Å². The highest BCUT2D eigenvalue weighted by molar-refractivity contribution is 5.85. The van der Waals surface area contributed by atoms with Crippen LogP contribution in [0.4, 0.5) is 4.39 Å². The van der Waals surface area contributed by atoms with Crippen molar-refractivity contribution in [2.75, 3.05) is 7.11 Å². The molecule has 2 N–H and O–H groups in total. The first-order valence-corrected chi connectivity index (χ1v) is 5.81. The van der Waals surface area contributed by atoms with Crippen molar-refractivity contribution in [2.24, 2.45) is 11.7 Å². The quantitative estimate of drug-likeness (QED) is 0.902. The molecule has 0 aliphatic heterocycles. The molecule has 1 fully saturated rings. The molecule has 0 aromatic heterocycles. The first-order valence-electron chi connectivity index (χ1n) is 5.81. The van der Waals surface area contributed by atoms with Gasteiger partial charge < -0.3 is 10.5 Å². The van der Waals surface area contributed by atoms with Gasteiger partial charge in [0.1, 0.15) is 11.6 Å². The Balaban J connectivity index is 0.00000144. The van der Waals surface area contributed by atoms with Crippen molar-refractivity contribution in [3.63, 3.8) is 0 Å². The highest BCUT2D eigenvalue weighted by Gasteiger charge is 2.25. The van der Waals surface area contributed by atoms with Crippen LogP contribution >= 0.6 is 12.4 Å². The summed E-state index contributed by atoms with van der Waals surface area (Å²) in [7, 11) is 1.56. The average Bonchev–Trinajstić information content (AvgIpc) is 2.81. The molecule has 1 aromatic rings. The number of halogens is 2. The zero-order valence-electron chi connectivity index (χ0n) is 9.99. The molecule has 4 heteroatoms. The summed E-state index contributed by atoms with van der Waals surface area (Å²) in [6.45, 7) is 0. The van der Waals surface area contributed by atoms with Gasteiger partial charge in [0, 0.05) is 17.7 Å². The number of hydrogen-bond acceptors (Lipinski definition) is 2. The Morgan fingerprint density at radius 3 is 2.59 bits per heavy atom. The number of rotatable bonds is 3. The lowest BCUT2D eigenvalue weighted by Gasteiger charge is -2.21. The molecule has 1 aliphatic rings. The Morgan fingerprint density at radius 1 is 1.35 bits per heavy atom. The Labute approximate surface area is 108 Å². The van der Waals surface area contributed by atoms with Gasteiger partial charge in [-0.2, -0.15) is 0 Å². The van der Waals surface area contributed by atoms with Gasteiger partial charge in [-0.15, -0.1) is 12.4 Å². The number of methoxy groups -OCH3 is 1. The first kappa shape index (κ1) is 14.3. The normalized spacial score (nSPS) is 17.6. The van der Waals surface area contributed by atoms with Gasteiger partial charge in [0.15, 0.2) is 0 Å². The summed E-state index contributed by atoms with van der Waals surface area (Å²) in [6, 6.07) is 4.58. The number of nitrogens with two attached hydrogens (primary N) is 1. The second kappa shape index (κ2) is 6.22. The van der Waals surface area contributed by atoms with Crippen molar-refractivity contribution < 1.29 is 9.13 Å². The van der Waals surface area contributed by atoms with E-state index in [0.29, 0.717) is 11.7 Å². The molecular formula is C13H19ClFNO. The summed E-state index contributed by atoms with van der Waals surface area (Å²) in [5, 5.41) is 0. The molecular weight excluding hydrogens is 241 g/mol. The average molecular weight is 260 g/mol. The summed E-state index contributed by atoms with van der Waals surface area (Å²) in [6.07, 6.45) is 4.84. The number of hydrogen-bond donors (Lipinski definition) is 1. The van der Waals surface area contributed by atoms with Gasteiger partial charge in [-0.05, 0) is 24.8 Å². The summed E-state index contributed by atoms with van der Waals surface area (Å²) in [5.74, 6) is 0.804. The van der Waals surface area contributed by atoms with Crippen LogP contribution in [-0.4, -0.2) is 7.11 Å². The second-order valence-corrected chi connectivity index (χ2v) is 4.46. The molecule has 2 rings (SSSR count). The maximum absolute atomic E-state index is 13.1. The van der Waals surface area contributed by atoms with Crippen LogP contribution in [0.5, 0.6) is 5.75 Å². The molecule has 96 valence electrons. The largest absolute Gasteiger partial charge is 0.496 e. The highest BCUT2D eigenvalue weighted by Crippen LogP contribution is 2.37. The van der Waals surface area contributed by atoms with Gasteiger partial charge in [0.05, 0.1) is 7.11 Å². The van der Waals surface area contributed by atoms with Crippen molar-refractivity contribution in [3.8, 4) is 5.75 Å². The summed E-state index contributed by atoms with van der Waals surface area (Å²) >= 11 is 0. The van der Waals surface area contributed by atoms with Crippen molar-refractivity contribution in [1.29, 1.82) is 0 Å². The SMILES string of the molecule is COc1cc(F)ccc1[C@H](N)C1CCCC1.Cl. The minimum atomic E-state index is -0.278. The Hall–Kier alpha value is -0.800. The van der Waals surface area contributed by atoms with Crippen LogP contribution in [0, 0.1) is 11.7 Å². The lowest BCUT2D eigenvalue weighted by atomic mass is 9.92. The molecule has 1 aromatic carbocycles. The third-order valence-corrected chi connectivity index (χ3v) is 3.46. The fourth-order valence-electron chi connectivity index (χ4n) is 2.53. The van der Waals surface area contributed by atoms with Gasteiger partial charge in [0.2, 0.25) is 0 Å². The maximum atomic E-state index is 13.1. The Bertz CT molecular complexity index is 366. The van der Waals surface area contributed by atoms with Crippen LogP contribution in [0.2, 0.25) is 0 Å². The van der Waals surface area contributed by atoms with Gasteiger partial charge >= 0.3 is 0 Å². The van der Waals surface area contributed by atoms with Crippen LogP contribution in [0.25, 0.3) is 0 Å². The summed E-state index contributed by atoms with van der Waals surface area (Å²) in [4.78, 5) is 0. The molecule has 17 heavy (non-hydrogen) atoms. The predicted octanol–water partition coefficient (Wildman–Crippen LogP) is 3.45. The highest BCUT2D eigenvalue weighted by atomic mass is 35.5. The number of ether oxygens (including phenoxy) is 1. The van der Waals surface area contributed by atoms with E-state index in [2.05, 4.69) is 0 Å².